The van der Waals surface area contributed by atoms with Crippen molar-refractivity contribution in [2.24, 2.45) is 17.4 Å². The van der Waals surface area contributed by atoms with E-state index in [9.17, 15) is 19.1 Å². The van der Waals surface area contributed by atoms with Crippen molar-refractivity contribution in [3.63, 3.8) is 0 Å². The van der Waals surface area contributed by atoms with Gasteiger partial charge in [0, 0.05) is 17.3 Å². The summed E-state index contributed by atoms with van der Waals surface area (Å²) in [7, 11) is 0. The van der Waals surface area contributed by atoms with Gasteiger partial charge in [-0.3, -0.25) is 25.4 Å². The molecule has 0 saturated carbocycles. The van der Waals surface area contributed by atoms with Gasteiger partial charge in [0.25, 0.3) is 0 Å². The number of primary amides is 1. The van der Waals surface area contributed by atoms with Crippen molar-refractivity contribution in [1.82, 2.24) is 4.57 Å². The lowest BCUT2D eigenvalue weighted by molar-refractivity contribution is -0.123. The number of nitrogens with zero attached hydrogens (tertiary/aromatic N) is 2. The predicted octanol–water partition coefficient (Wildman–Crippen LogP) is 0.627. The van der Waals surface area contributed by atoms with Gasteiger partial charge < -0.3 is 15.6 Å². The quantitative estimate of drug-likeness (QED) is 0.554. The van der Waals surface area contributed by atoms with Crippen LogP contribution in [0, 0.1) is 17.1 Å². The minimum absolute atomic E-state index is 0.0368. The molecule has 1 aromatic heterocycles. The number of amides is 2. The number of ether oxygens (including phenoxy) is 1. The highest BCUT2D eigenvalue weighted by atomic mass is 19.1. The van der Waals surface area contributed by atoms with Crippen LogP contribution in [0.3, 0.4) is 0 Å². The van der Waals surface area contributed by atoms with Gasteiger partial charge in [-0.25, -0.2) is 9.18 Å². The molecule has 1 fully saturated rings. The lowest BCUT2D eigenvalue weighted by Gasteiger charge is -2.16. The highest BCUT2D eigenvalue weighted by Gasteiger charge is 2.37. The van der Waals surface area contributed by atoms with Crippen LogP contribution in [0.5, 0.6) is 0 Å². The summed E-state index contributed by atoms with van der Waals surface area (Å²) in [4.78, 5) is 24.6. The molecule has 3 atom stereocenters. The number of nitrogens with one attached hydrogen (secondary N) is 1. The van der Waals surface area contributed by atoms with Crippen molar-refractivity contribution in [1.29, 1.82) is 5.41 Å². The summed E-state index contributed by atoms with van der Waals surface area (Å²) in [6.07, 6.45) is -1.46. The zero-order valence-electron chi connectivity index (χ0n) is 15.0. The molecule has 3 rings (SSSR count). The van der Waals surface area contributed by atoms with Crippen LogP contribution in [0.25, 0.3) is 11.1 Å². The van der Waals surface area contributed by atoms with Gasteiger partial charge in [0.15, 0.2) is 6.35 Å². The van der Waals surface area contributed by atoms with Crippen molar-refractivity contribution < 1.29 is 23.8 Å². The highest BCUT2D eigenvalue weighted by molar-refractivity contribution is 5.91. The smallest absolute Gasteiger partial charge is 0.414 e. The monoisotopic (exact) mass is 389 g/mol. The van der Waals surface area contributed by atoms with E-state index in [1.54, 1.807) is 6.92 Å². The van der Waals surface area contributed by atoms with Crippen LogP contribution in [0.2, 0.25) is 0 Å². The Morgan fingerprint density at radius 3 is 2.71 bits per heavy atom. The van der Waals surface area contributed by atoms with Crippen LogP contribution in [0.1, 0.15) is 13.3 Å². The van der Waals surface area contributed by atoms with Gasteiger partial charge in [0.1, 0.15) is 17.4 Å². The highest BCUT2D eigenvalue weighted by Crippen LogP contribution is 2.30. The number of aliphatic hydroxyl groups is 1. The number of aromatic nitrogens is 1. The van der Waals surface area contributed by atoms with Gasteiger partial charge in [0.2, 0.25) is 5.91 Å². The van der Waals surface area contributed by atoms with Gasteiger partial charge in [0.05, 0.1) is 18.2 Å². The van der Waals surface area contributed by atoms with Gasteiger partial charge in [-0.1, -0.05) is 0 Å². The molecule has 10 heteroatoms. The first-order chi connectivity index (χ1) is 13.2. The molecule has 2 heterocycles. The summed E-state index contributed by atoms with van der Waals surface area (Å²) >= 11 is 0. The molecule has 28 heavy (non-hydrogen) atoms. The van der Waals surface area contributed by atoms with Crippen LogP contribution in [-0.4, -0.2) is 34.3 Å². The zero-order valence-corrected chi connectivity index (χ0v) is 15.0. The van der Waals surface area contributed by atoms with E-state index in [0.29, 0.717) is 5.56 Å². The van der Waals surface area contributed by atoms with Crippen LogP contribution >= 0.6 is 0 Å². The van der Waals surface area contributed by atoms with E-state index < -0.39 is 36.2 Å². The summed E-state index contributed by atoms with van der Waals surface area (Å²) in [5.74, 6) is -1.87. The molecular formula is C18H20FN5O4. The molecule has 0 aliphatic carbocycles. The van der Waals surface area contributed by atoms with Gasteiger partial charge >= 0.3 is 6.09 Å². The molecular weight excluding hydrogens is 369 g/mol. The van der Waals surface area contributed by atoms with E-state index in [4.69, 9.17) is 21.6 Å². The maximum Gasteiger partial charge on any atom is 0.414 e. The Hall–Kier alpha value is -3.24. The molecule has 2 amide bonds. The molecule has 0 bridgehead atoms. The second-order valence-corrected chi connectivity index (χ2v) is 6.51. The average molecular weight is 389 g/mol. The predicted molar refractivity (Wildman–Crippen MR) is 97.1 cm³/mol. The van der Waals surface area contributed by atoms with E-state index in [-0.39, 0.29) is 23.3 Å². The van der Waals surface area contributed by atoms with Crippen molar-refractivity contribution in [3.8, 4) is 11.1 Å². The second kappa shape index (κ2) is 7.41. The molecule has 2 unspecified atom stereocenters. The van der Waals surface area contributed by atoms with Gasteiger partial charge in [-0.05, 0) is 37.3 Å². The maximum atomic E-state index is 14.7. The first kappa shape index (κ1) is 19.5. The van der Waals surface area contributed by atoms with E-state index in [0.717, 1.165) is 4.57 Å². The fraction of sp³-hybridized carbons (Fsp3) is 0.278. The molecule has 1 saturated heterocycles. The van der Waals surface area contributed by atoms with Gasteiger partial charge in [-0.15, -0.1) is 0 Å². The van der Waals surface area contributed by atoms with Crippen LogP contribution in [-0.2, 0) is 9.53 Å². The first-order valence-electron chi connectivity index (χ1n) is 8.47. The third-order valence-corrected chi connectivity index (χ3v) is 4.68. The lowest BCUT2D eigenvalue weighted by atomic mass is 10.0. The van der Waals surface area contributed by atoms with Crippen molar-refractivity contribution in [2.75, 3.05) is 11.4 Å². The minimum atomic E-state index is -1.43. The molecule has 148 valence electrons. The molecule has 2 aromatic rings. The molecule has 1 aromatic carbocycles. The van der Waals surface area contributed by atoms with E-state index in [1.165, 1.54) is 41.4 Å². The maximum absolute atomic E-state index is 14.7. The molecule has 0 radical (unpaired) electrons. The summed E-state index contributed by atoms with van der Waals surface area (Å²) in [6.45, 7) is 1.64. The average Bonchev–Trinajstić information content (AvgIpc) is 3.03. The van der Waals surface area contributed by atoms with Gasteiger partial charge in [-0.2, -0.15) is 0 Å². The largest absolute Gasteiger partial charge is 0.443 e. The summed E-state index contributed by atoms with van der Waals surface area (Å²) in [5, 5.41) is 17.2. The number of halogens is 1. The number of benzene rings is 1. The Labute approximate surface area is 159 Å². The number of cyclic esters (lactones) is 1. The second-order valence-electron chi connectivity index (χ2n) is 6.51. The number of carbonyl (C=O) groups excluding carboxylic acids is 2. The Kier molecular flexibility index (Phi) is 5.16. The number of anilines is 1. The van der Waals surface area contributed by atoms with Crippen molar-refractivity contribution >= 4 is 17.7 Å². The van der Waals surface area contributed by atoms with Crippen LogP contribution in [0.4, 0.5) is 14.9 Å². The standard InChI is InChI=1S/C18H20FN5O4/c1-9(16(21)25)14-8-23(18(27)28-14)11-3-4-12(13(19)6-11)10-2-5-15(20)24(7-10)17(22)26/h2-7,9,14,17,20,26H,8,22H2,1H3,(H2,21,25)/t9-,14?,17?/m0/s1. The SMILES string of the molecule is C[C@H](C(N)=O)C1CN(c2ccc(-c3ccc(=N)n(C(N)O)c3)c(F)c2)C(=O)O1. The number of nitrogens with two attached hydrogens (primary N) is 2. The molecule has 0 spiro atoms. The Morgan fingerprint density at radius 2 is 2.11 bits per heavy atom. The number of hydrogen-bond acceptors (Lipinski definition) is 6. The third kappa shape index (κ3) is 3.59. The lowest BCUT2D eigenvalue weighted by Crippen LogP contribution is -2.34. The third-order valence-electron chi connectivity index (χ3n) is 4.68. The normalized spacial score (nSPS) is 18.6. The zero-order chi connectivity index (χ0) is 20.6. The Balaban J connectivity index is 1.89. The Bertz CT molecular complexity index is 990. The fourth-order valence-electron chi connectivity index (χ4n) is 2.94. The van der Waals surface area contributed by atoms with Crippen molar-refractivity contribution in [2.45, 2.75) is 19.4 Å². The number of hydrogen-bond donors (Lipinski definition) is 4. The molecule has 9 nitrogen and oxygen atoms in total. The van der Waals surface area contributed by atoms with Crippen LogP contribution in [0.15, 0.2) is 36.5 Å². The van der Waals surface area contributed by atoms with Crippen molar-refractivity contribution in [3.05, 3.63) is 47.8 Å². The molecule has 6 N–H and O–H groups in total. The fourth-order valence-corrected chi connectivity index (χ4v) is 2.94. The summed E-state index contributed by atoms with van der Waals surface area (Å²) in [6, 6.07) is 7.08. The van der Waals surface area contributed by atoms with E-state index in [2.05, 4.69) is 0 Å². The van der Waals surface area contributed by atoms with E-state index in [1.807, 2.05) is 0 Å². The first-order valence-corrected chi connectivity index (χ1v) is 8.47. The summed E-state index contributed by atoms with van der Waals surface area (Å²) < 4.78 is 21.0. The summed E-state index contributed by atoms with van der Waals surface area (Å²) in [5.41, 5.74) is 11.5. The minimum Gasteiger partial charge on any atom is -0.443 e. The van der Waals surface area contributed by atoms with E-state index >= 15 is 0 Å². The topological polar surface area (TPSA) is 148 Å². The number of carbonyl (C=O) groups is 2. The Morgan fingerprint density at radius 1 is 1.39 bits per heavy atom. The van der Waals surface area contributed by atoms with Crippen LogP contribution < -0.4 is 21.9 Å². The number of aliphatic hydroxyl groups excluding tert-OH is 1. The molecule has 1 aliphatic heterocycles. The molecule has 1 aliphatic rings. The number of rotatable bonds is 5. The number of pyridine rings is 1.